The summed E-state index contributed by atoms with van der Waals surface area (Å²) in [5.74, 6) is -1.26. The molecule has 0 aliphatic heterocycles. The van der Waals surface area contributed by atoms with Crippen molar-refractivity contribution in [2.75, 3.05) is 0 Å². The maximum absolute atomic E-state index is 13.9. The molecule has 0 saturated heterocycles. The number of ether oxygens (including phenoxy) is 1. The van der Waals surface area contributed by atoms with Gasteiger partial charge in [-0.25, -0.2) is 14.2 Å². The molecule has 0 aliphatic carbocycles. The van der Waals surface area contributed by atoms with Crippen LogP contribution in [0.2, 0.25) is 0 Å². The fraction of sp³-hybridized carbons (Fsp3) is 0.304. The second-order valence-electron chi connectivity index (χ2n) is 7.85. The topological polar surface area (TPSA) is 72.6 Å². The number of alkyl halides is 3. The summed E-state index contributed by atoms with van der Waals surface area (Å²) in [5.41, 5.74) is -1.20. The van der Waals surface area contributed by atoms with E-state index in [2.05, 4.69) is 4.98 Å². The van der Waals surface area contributed by atoms with Crippen molar-refractivity contribution >= 4 is 17.7 Å². The molecule has 1 aromatic heterocycles. The Morgan fingerprint density at radius 2 is 1.85 bits per heavy atom. The lowest BCUT2D eigenvalue weighted by molar-refractivity contribution is -0.152. The summed E-state index contributed by atoms with van der Waals surface area (Å²) in [6, 6.07) is 7.73. The Morgan fingerprint density at radius 3 is 2.45 bits per heavy atom. The van der Waals surface area contributed by atoms with E-state index >= 15 is 0 Å². The first-order valence-corrected chi connectivity index (χ1v) is 10.8. The van der Waals surface area contributed by atoms with Crippen molar-refractivity contribution in [3.8, 4) is 17.2 Å². The molecule has 0 radical (unpaired) electrons. The summed E-state index contributed by atoms with van der Waals surface area (Å²) in [4.78, 5) is 16.3. The third-order valence-corrected chi connectivity index (χ3v) is 5.98. The number of hydrogen-bond donors (Lipinski definition) is 1. The molecule has 176 valence electrons. The fourth-order valence-corrected chi connectivity index (χ4v) is 3.89. The molecule has 3 aromatic rings. The highest BCUT2D eigenvalue weighted by molar-refractivity contribution is 7.98. The van der Waals surface area contributed by atoms with E-state index in [-0.39, 0.29) is 11.5 Å². The van der Waals surface area contributed by atoms with E-state index in [0.29, 0.717) is 29.0 Å². The Kier molecular flexibility index (Phi) is 6.78. The van der Waals surface area contributed by atoms with Gasteiger partial charge in [0, 0.05) is 10.5 Å². The summed E-state index contributed by atoms with van der Waals surface area (Å²) in [7, 11) is 0. The largest absolute Gasteiger partial charge is 0.478 e. The Labute approximate surface area is 191 Å². The Hall–Kier alpha value is -3.01. The van der Waals surface area contributed by atoms with E-state index in [1.165, 1.54) is 25.6 Å². The predicted octanol–water partition coefficient (Wildman–Crippen LogP) is 6.65. The number of benzene rings is 2. The minimum absolute atomic E-state index is 0.0211. The molecular formula is C23H21F4NO4S. The number of thioether (sulfide) groups is 1. The molecule has 0 bridgehead atoms. The number of rotatable bonds is 7. The van der Waals surface area contributed by atoms with Crippen molar-refractivity contribution < 1.29 is 36.6 Å². The van der Waals surface area contributed by atoms with Gasteiger partial charge in [-0.2, -0.15) is 13.2 Å². The monoisotopic (exact) mass is 483 g/mol. The van der Waals surface area contributed by atoms with E-state index in [0.717, 1.165) is 22.6 Å². The van der Waals surface area contributed by atoms with E-state index in [9.17, 15) is 27.5 Å². The lowest BCUT2D eigenvalue weighted by atomic mass is 10.1. The molecule has 0 unspecified atom stereocenters. The molecule has 0 saturated carbocycles. The fourth-order valence-electron chi connectivity index (χ4n) is 2.84. The van der Waals surface area contributed by atoms with Gasteiger partial charge in [-0.05, 0) is 63.6 Å². The van der Waals surface area contributed by atoms with Gasteiger partial charge in [0.05, 0.1) is 17.0 Å². The van der Waals surface area contributed by atoms with Crippen molar-refractivity contribution in [3.05, 3.63) is 64.8 Å². The molecule has 5 nitrogen and oxygen atoms in total. The van der Waals surface area contributed by atoms with Gasteiger partial charge in [0.15, 0.2) is 5.60 Å². The van der Waals surface area contributed by atoms with Gasteiger partial charge in [0.2, 0.25) is 5.89 Å². The highest BCUT2D eigenvalue weighted by Gasteiger charge is 2.34. The van der Waals surface area contributed by atoms with Crippen LogP contribution in [0.5, 0.6) is 5.75 Å². The van der Waals surface area contributed by atoms with E-state index < -0.39 is 29.1 Å². The van der Waals surface area contributed by atoms with Crippen LogP contribution in [-0.2, 0) is 16.7 Å². The first-order valence-electron chi connectivity index (χ1n) is 9.77. The number of aromatic nitrogens is 1. The van der Waals surface area contributed by atoms with Gasteiger partial charge in [-0.3, -0.25) is 0 Å². The number of carboxylic acids is 1. The van der Waals surface area contributed by atoms with Gasteiger partial charge in [-0.15, -0.1) is 11.8 Å². The summed E-state index contributed by atoms with van der Waals surface area (Å²) in [6.07, 6.45) is -4.79. The molecule has 0 atom stereocenters. The summed E-state index contributed by atoms with van der Waals surface area (Å²) >= 11 is 1.40. The van der Waals surface area contributed by atoms with Gasteiger partial charge in [0.1, 0.15) is 17.3 Å². The second-order valence-corrected chi connectivity index (χ2v) is 8.87. The van der Waals surface area contributed by atoms with Crippen LogP contribution in [0, 0.1) is 19.7 Å². The zero-order valence-electron chi connectivity index (χ0n) is 18.2. The molecule has 33 heavy (non-hydrogen) atoms. The maximum atomic E-state index is 13.9. The quantitative estimate of drug-likeness (QED) is 0.300. The van der Waals surface area contributed by atoms with Crippen LogP contribution < -0.4 is 4.74 Å². The van der Waals surface area contributed by atoms with Crippen molar-refractivity contribution in [3.63, 3.8) is 0 Å². The smallest absolute Gasteiger partial charge is 0.419 e. The van der Waals surface area contributed by atoms with E-state index in [1.54, 1.807) is 25.1 Å². The number of oxazole rings is 1. The number of aryl methyl sites for hydroxylation is 2. The Morgan fingerprint density at radius 1 is 1.15 bits per heavy atom. The lowest BCUT2D eigenvalue weighted by Gasteiger charge is -2.22. The summed E-state index contributed by atoms with van der Waals surface area (Å²) in [5, 5.41) is 9.25. The molecule has 0 amide bonds. The molecule has 1 heterocycles. The van der Waals surface area contributed by atoms with Crippen molar-refractivity contribution in [1.82, 2.24) is 4.98 Å². The van der Waals surface area contributed by atoms with E-state index in [1.807, 2.05) is 6.92 Å². The highest BCUT2D eigenvalue weighted by Crippen LogP contribution is 2.35. The third-order valence-electron chi connectivity index (χ3n) is 4.82. The number of carbonyl (C=O) groups is 1. The van der Waals surface area contributed by atoms with Gasteiger partial charge in [0.25, 0.3) is 0 Å². The third kappa shape index (κ3) is 5.68. The predicted molar refractivity (Wildman–Crippen MR) is 115 cm³/mol. The average molecular weight is 483 g/mol. The van der Waals surface area contributed by atoms with Gasteiger partial charge >= 0.3 is 12.1 Å². The van der Waals surface area contributed by atoms with Crippen LogP contribution in [0.15, 0.2) is 45.7 Å². The van der Waals surface area contributed by atoms with Crippen LogP contribution in [-0.4, -0.2) is 21.7 Å². The molecule has 10 heteroatoms. The number of hydrogen-bond acceptors (Lipinski definition) is 5. The molecule has 2 aromatic carbocycles. The van der Waals surface area contributed by atoms with Crippen molar-refractivity contribution in [2.45, 2.75) is 50.1 Å². The van der Waals surface area contributed by atoms with Gasteiger partial charge in [-0.1, -0.05) is 6.07 Å². The zero-order valence-corrected chi connectivity index (χ0v) is 19.0. The first-order chi connectivity index (χ1) is 15.3. The van der Waals surface area contributed by atoms with Crippen LogP contribution in [0.3, 0.4) is 0 Å². The van der Waals surface area contributed by atoms with Crippen molar-refractivity contribution in [1.29, 1.82) is 0 Å². The van der Waals surface area contributed by atoms with Crippen molar-refractivity contribution in [2.24, 2.45) is 0 Å². The number of carboxylic acid groups (broad SMARTS) is 1. The van der Waals surface area contributed by atoms with Crippen LogP contribution in [0.4, 0.5) is 17.6 Å². The zero-order chi connectivity index (χ0) is 24.6. The standard InChI is InChI=1S/C23H21F4NO4S/c1-12-5-7-15(32-22(3,4)21(29)30)10-19(12)33-11-18-13(2)28-20(31-18)14-6-8-16(17(24)9-14)23(25,26)27/h5-10H,11H2,1-4H3,(H,29,30). The average Bonchev–Trinajstić information content (AvgIpc) is 3.07. The molecule has 0 aliphatic rings. The second kappa shape index (κ2) is 9.09. The first kappa shape index (κ1) is 24.6. The molecule has 0 spiro atoms. The molecule has 1 N–H and O–H groups in total. The maximum Gasteiger partial charge on any atom is 0.419 e. The van der Waals surface area contributed by atoms with Crippen LogP contribution in [0.1, 0.15) is 36.4 Å². The van der Waals surface area contributed by atoms with Crippen LogP contribution >= 0.6 is 11.8 Å². The Balaban J connectivity index is 1.78. The molecular weight excluding hydrogens is 462 g/mol. The number of halogens is 4. The van der Waals surface area contributed by atoms with Crippen LogP contribution in [0.25, 0.3) is 11.5 Å². The SMILES string of the molecule is Cc1ccc(OC(C)(C)C(=O)O)cc1SCc1oc(-c2ccc(C(F)(F)F)c(F)c2)nc1C. The normalized spacial score (nSPS) is 12.1. The summed E-state index contributed by atoms with van der Waals surface area (Å²) < 4.78 is 63.5. The molecule has 0 fully saturated rings. The van der Waals surface area contributed by atoms with Gasteiger partial charge < -0.3 is 14.3 Å². The lowest BCUT2D eigenvalue weighted by Crippen LogP contribution is -2.37. The number of aliphatic carboxylic acids is 1. The molecule has 3 rings (SSSR count). The summed E-state index contributed by atoms with van der Waals surface area (Å²) in [6.45, 7) is 6.47. The van der Waals surface area contributed by atoms with E-state index in [4.69, 9.17) is 9.15 Å². The highest BCUT2D eigenvalue weighted by atomic mass is 32.2. The minimum Gasteiger partial charge on any atom is -0.478 e. The minimum atomic E-state index is -4.79. The number of nitrogens with zero attached hydrogens (tertiary/aromatic N) is 1. The Bertz CT molecular complexity index is 1190.